The van der Waals surface area contributed by atoms with Gasteiger partial charge in [0.25, 0.3) is 0 Å². The number of hydrogen-bond donors (Lipinski definition) is 0. The van der Waals surface area contributed by atoms with Gasteiger partial charge in [-0.1, -0.05) is 23.7 Å². The summed E-state index contributed by atoms with van der Waals surface area (Å²) in [5.41, 5.74) is 0.874. The molecular weight excluding hydrogens is 314 g/mol. The summed E-state index contributed by atoms with van der Waals surface area (Å²) < 4.78 is 5.44. The summed E-state index contributed by atoms with van der Waals surface area (Å²) in [5.74, 6) is 1.52. The van der Waals surface area contributed by atoms with E-state index in [1.54, 1.807) is 12.1 Å². The van der Waals surface area contributed by atoms with Gasteiger partial charge in [0.15, 0.2) is 0 Å². The van der Waals surface area contributed by atoms with Crippen LogP contribution in [0.25, 0.3) is 11.4 Å². The monoisotopic (exact) mass is 333 g/mol. The molecule has 1 saturated heterocycles. The predicted molar refractivity (Wildman–Crippen MR) is 88.2 cm³/mol. The smallest absolute Gasteiger partial charge is 0.231 e. The number of carbonyl (C=O) groups is 1. The van der Waals surface area contributed by atoms with Crippen LogP contribution in [0, 0.1) is 0 Å². The topological polar surface area (TPSA) is 59.2 Å². The minimum atomic E-state index is 0.123. The highest BCUT2D eigenvalue weighted by Gasteiger charge is 2.28. The summed E-state index contributed by atoms with van der Waals surface area (Å²) in [6.07, 6.45) is 3.42. The van der Waals surface area contributed by atoms with Crippen molar-refractivity contribution in [3.8, 4) is 11.4 Å². The van der Waals surface area contributed by atoms with E-state index in [-0.39, 0.29) is 11.8 Å². The van der Waals surface area contributed by atoms with E-state index < -0.39 is 0 Å². The molecule has 1 aliphatic heterocycles. The van der Waals surface area contributed by atoms with Crippen LogP contribution in [0.2, 0.25) is 5.02 Å². The lowest BCUT2D eigenvalue weighted by molar-refractivity contribution is -0.132. The van der Waals surface area contributed by atoms with Crippen molar-refractivity contribution in [2.45, 2.75) is 38.5 Å². The van der Waals surface area contributed by atoms with Gasteiger partial charge >= 0.3 is 0 Å². The molecule has 0 spiro atoms. The van der Waals surface area contributed by atoms with Crippen molar-refractivity contribution in [3.63, 3.8) is 0 Å². The van der Waals surface area contributed by atoms with E-state index in [2.05, 4.69) is 10.1 Å². The van der Waals surface area contributed by atoms with Crippen LogP contribution >= 0.6 is 11.6 Å². The van der Waals surface area contributed by atoms with E-state index >= 15 is 0 Å². The van der Waals surface area contributed by atoms with Gasteiger partial charge in [0.1, 0.15) is 0 Å². The Hall–Kier alpha value is -1.88. The first-order chi connectivity index (χ1) is 11.2. The lowest BCUT2D eigenvalue weighted by Crippen LogP contribution is -2.39. The number of nitrogens with zero attached hydrogens (tertiary/aromatic N) is 3. The van der Waals surface area contributed by atoms with Crippen molar-refractivity contribution >= 4 is 17.5 Å². The Labute approximate surface area is 140 Å². The summed E-state index contributed by atoms with van der Waals surface area (Å²) in [6, 6.07) is 7.35. The predicted octanol–water partition coefficient (Wildman–Crippen LogP) is 3.90. The van der Waals surface area contributed by atoms with Crippen molar-refractivity contribution in [1.82, 2.24) is 15.0 Å². The fourth-order valence-electron chi connectivity index (χ4n) is 2.89. The number of hydrogen-bond acceptors (Lipinski definition) is 4. The van der Waals surface area contributed by atoms with E-state index in [0.29, 0.717) is 29.7 Å². The van der Waals surface area contributed by atoms with E-state index in [4.69, 9.17) is 16.1 Å². The summed E-state index contributed by atoms with van der Waals surface area (Å²) >= 11 is 5.90. The molecule has 0 aliphatic carbocycles. The average Bonchev–Trinajstić information content (AvgIpc) is 3.06. The van der Waals surface area contributed by atoms with Crippen molar-refractivity contribution in [1.29, 1.82) is 0 Å². The molecule has 1 aromatic heterocycles. The number of likely N-dealkylation sites (tertiary alicyclic amines) is 1. The molecule has 1 aliphatic rings. The van der Waals surface area contributed by atoms with Crippen LogP contribution in [0.4, 0.5) is 0 Å². The third-order valence-corrected chi connectivity index (χ3v) is 4.38. The quantitative estimate of drug-likeness (QED) is 0.851. The molecule has 2 heterocycles. The largest absolute Gasteiger partial charge is 0.342 e. The van der Waals surface area contributed by atoms with Crippen LogP contribution in [0.1, 0.15) is 44.4 Å². The number of amides is 1. The molecule has 5 nitrogen and oxygen atoms in total. The van der Waals surface area contributed by atoms with E-state index in [0.717, 1.165) is 31.4 Å². The van der Waals surface area contributed by atoms with Crippen LogP contribution in [-0.2, 0) is 4.79 Å². The molecule has 1 fully saturated rings. The summed E-state index contributed by atoms with van der Waals surface area (Å²) in [7, 11) is 0. The molecule has 1 amide bonds. The Morgan fingerprint density at radius 2 is 2.17 bits per heavy atom. The van der Waals surface area contributed by atoms with Crippen molar-refractivity contribution in [2.24, 2.45) is 0 Å². The van der Waals surface area contributed by atoms with Gasteiger partial charge in [-0.15, -0.1) is 0 Å². The highest BCUT2D eigenvalue weighted by molar-refractivity contribution is 6.30. The van der Waals surface area contributed by atoms with Gasteiger partial charge in [0.05, 0.1) is 5.92 Å². The highest BCUT2D eigenvalue weighted by Crippen LogP contribution is 2.28. The Morgan fingerprint density at radius 3 is 2.91 bits per heavy atom. The number of carbonyl (C=O) groups excluding carboxylic acids is 1. The van der Waals surface area contributed by atoms with Crippen LogP contribution in [0.5, 0.6) is 0 Å². The maximum absolute atomic E-state index is 12.1. The third-order valence-electron chi connectivity index (χ3n) is 4.13. The van der Waals surface area contributed by atoms with Crippen molar-refractivity contribution < 1.29 is 9.32 Å². The molecule has 1 aromatic carbocycles. The van der Waals surface area contributed by atoms with E-state index in [9.17, 15) is 4.79 Å². The molecule has 122 valence electrons. The van der Waals surface area contributed by atoms with Crippen LogP contribution in [-0.4, -0.2) is 34.0 Å². The number of rotatable bonds is 4. The Morgan fingerprint density at radius 1 is 1.39 bits per heavy atom. The molecule has 0 bridgehead atoms. The van der Waals surface area contributed by atoms with Gasteiger partial charge < -0.3 is 9.42 Å². The van der Waals surface area contributed by atoms with Gasteiger partial charge in [0, 0.05) is 30.1 Å². The van der Waals surface area contributed by atoms with Gasteiger partial charge in [-0.25, -0.2) is 0 Å². The lowest BCUT2D eigenvalue weighted by atomic mass is 9.97. The van der Waals surface area contributed by atoms with Crippen LogP contribution < -0.4 is 0 Å². The number of halogens is 1. The molecule has 0 saturated carbocycles. The summed E-state index contributed by atoms with van der Waals surface area (Å²) in [5, 5.41) is 4.74. The molecule has 6 heteroatoms. The standard InChI is InChI=1S/C17H20ClN3O2/c1-2-4-15(22)21-10-3-5-13(11-21)17-19-16(20-23-17)12-6-8-14(18)9-7-12/h6-9,13H,2-5,10-11H2,1H3. The molecular formula is C17H20ClN3O2. The van der Waals surface area contributed by atoms with Crippen LogP contribution in [0.3, 0.4) is 0 Å². The number of aromatic nitrogens is 2. The highest BCUT2D eigenvalue weighted by atomic mass is 35.5. The van der Waals surface area contributed by atoms with Crippen molar-refractivity contribution in [3.05, 3.63) is 35.2 Å². The van der Waals surface area contributed by atoms with Gasteiger partial charge in [-0.05, 0) is 43.5 Å². The Balaban J connectivity index is 1.72. The van der Waals surface area contributed by atoms with Gasteiger partial charge in [-0.2, -0.15) is 4.98 Å². The zero-order chi connectivity index (χ0) is 16.2. The van der Waals surface area contributed by atoms with E-state index in [1.807, 2.05) is 24.0 Å². The minimum Gasteiger partial charge on any atom is -0.342 e. The van der Waals surface area contributed by atoms with Crippen LogP contribution in [0.15, 0.2) is 28.8 Å². The lowest BCUT2D eigenvalue weighted by Gasteiger charge is -2.31. The second-order valence-corrected chi connectivity index (χ2v) is 6.33. The van der Waals surface area contributed by atoms with E-state index in [1.165, 1.54) is 0 Å². The number of benzene rings is 1. The summed E-state index contributed by atoms with van der Waals surface area (Å²) in [4.78, 5) is 18.5. The fraction of sp³-hybridized carbons (Fsp3) is 0.471. The number of piperidine rings is 1. The second-order valence-electron chi connectivity index (χ2n) is 5.89. The van der Waals surface area contributed by atoms with Gasteiger partial charge in [-0.3, -0.25) is 4.79 Å². The Kier molecular flexibility index (Phi) is 4.96. The SMILES string of the molecule is CCCC(=O)N1CCCC(c2nc(-c3ccc(Cl)cc3)no2)C1. The molecule has 0 radical (unpaired) electrons. The first-order valence-electron chi connectivity index (χ1n) is 8.04. The average molecular weight is 334 g/mol. The molecule has 1 unspecified atom stereocenters. The summed E-state index contributed by atoms with van der Waals surface area (Å²) in [6.45, 7) is 3.52. The molecule has 23 heavy (non-hydrogen) atoms. The molecule has 1 atom stereocenters. The minimum absolute atomic E-state index is 0.123. The maximum Gasteiger partial charge on any atom is 0.231 e. The fourth-order valence-corrected chi connectivity index (χ4v) is 3.02. The maximum atomic E-state index is 12.1. The second kappa shape index (κ2) is 7.13. The molecule has 3 rings (SSSR count). The zero-order valence-electron chi connectivity index (χ0n) is 13.2. The molecule has 2 aromatic rings. The first-order valence-corrected chi connectivity index (χ1v) is 8.42. The normalized spacial score (nSPS) is 18.2. The Bertz CT molecular complexity index is 669. The first kappa shape index (κ1) is 16.0. The zero-order valence-corrected chi connectivity index (χ0v) is 13.9. The third kappa shape index (κ3) is 3.72. The van der Waals surface area contributed by atoms with Gasteiger partial charge in [0.2, 0.25) is 17.6 Å². The molecule has 0 N–H and O–H groups in total. The van der Waals surface area contributed by atoms with Crippen molar-refractivity contribution in [2.75, 3.05) is 13.1 Å².